The minimum atomic E-state index is 0.0820. The summed E-state index contributed by atoms with van der Waals surface area (Å²) < 4.78 is 12.9. The van der Waals surface area contributed by atoms with Gasteiger partial charge < -0.3 is 9.47 Å². The normalized spacial score (nSPS) is 20.8. The summed E-state index contributed by atoms with van der Waals surface area (Å²) in [5, 5.41) is 3.27. The van der Waals surface area contributed by atoms with Gasteiger partial charge in [0, 0.05) is 10.5 Å². The third-order valence-corrected chi connectivity index (χ3v) is 10.2. The van der Waals surface area contributed by atoms with Gasteiger partial charge in [-0.3, -0.25) is 14.7 Å². The minimum absolute atomic E-state index is 0.0820. The Morgan fingerprint density at radius 2 is 1.68 bits per heavy atom. The number of amides is 1. The van der Waals surface area contributed by atoms with Crippen LogP contribution in [0, 0.1) is 0 Å². The highest BCUT2D eigenvalue weighted by Crippen LogP contribution is 2.41. The molecule has 7 heteroatoms. The van der Waals surface area contributed by atoms with Gasteiger partial charge in [-0.25, -0.2) is 0 Å². The average Bonchev–Trinajstić information content (AvgIpc) is 3.31. The fraction of sp³-hybridized carbons (Fsp3) is 0.412. The van der Waals surface area contributed by atoms with E-state index in [-0.39, 0.29) is 11.9 Å². The van der Waals surface area contributed by atoms with Gasteiger partial charge in [0.05, 0.1) is 18.1 Å². The van der Waals surface area contributed by atoms with Crippen molar-refractivity contribution in [1.82, 2.24) is 4.90 Å². The van der Waals surface area contributed by atoms with Crippen molar-refractivity contribution in [2.45, 2.75) is 82.9 Å². The third-order valence-electron chi connectivity index (χ3n) is 8.48. The van der Waals surface area contributed by atoms with Crippen molar-refractivity contribution >= 4 is 55.6 Å². The third kappa shape index (κ3) is 6.36. The molecule has 3 aromatic rings. The molecule has 6 rings (SSSR count). The molecule has 1 amide bonds. The molecule has 214 valence electrons. The Morgan fingerprint density at radius 1 is 0.951 bits per heavy atom. The maximum Gasteiger partial charge on any atom is 0.267 e. The molecular weight excluding hydrogens is 596 g/mol. The van der Waals surface area contributed by atoms with E-state index in [0.717, 1.165) is 51.4 Å². The van der Waals surface area contributed by atoms with Crippen LogP contribution in [-0.4, -0.2) is 35.2 Å². The molecule has 0 aromatic heterocycles. The lowest BCUT2D eigenvalue weighted by Gasteiger charge is -2.31. The van der Waals surface area contributed by atoms with Gasteiger partial charge in [-0.15, -0.1) is 0 Å². The van der Waals surface area contributed by atoms with E-state index in [4.69, 9.17) is 14.5 Å². The monoisotopic (exact) mass is 632 g/mol. The highest BCUT2D eigenvalue weighted by molar-refractivity contribution is 9.10. The lowest BCUT2D eigenvalue weighted by atomic mass is 9.94. The summed E-state index contributed by atoms with van der Waals surface area (Å²) in [6, 6.07) is 19.1. The SMILES string of the molecule is COc1cc(C=C2SC(=NC3CCCCC3)N(C3CCCCC3)C2=O)c(Br)cc1OCc1cccc2ccccc12. The van der Waals surface area contributed by atoms with Gasteiger partial charge in [-0.05, 0) is 77.6 Å². The molecule has 1 heterocycles. The number of hydrogen-bond acceptors (Lipinski definition) is 5. The number of benzene rings is 3. The Balaban J connectivity index is 1.26. The Hall–Kier alpha value is -2.77. The van der Waals surface area contributed by atoms with Crippen LogP contribution in [0.5, 0.6) is 11.5 Å². The topological polar surface area (TPSA) is 51.1 Å². The fourth-order valence-corrected chi connectivity index (χ4v) is 7.79. The molecule has 41 heavy (non-hydrogen) atoms. The molecule has 1 aliphatic heterocycles. The van der Waals surface area contributed by atoms with Crippen LogP contribution in [0.15, 0.2) is 69.0 Å². The van der Waals surface area contributed by atoms with Gasteiger partial charge in [-0.2, -0.15) is 0 Å². The van der Waals surface area contributed by atoms with E-state index in [1.54, 1.807) is 7.11 Å². The summed E-state index contributed by atoms with van der Waals surface area (Å²) in [5.41, 5.74) is 2.01. The van der Waals surface area contributed by atoms with E-state index in [0.29, 0.717) is 24.1 Å². The van der Waals surface area contributed by atoms with Crippen LogP contribution in [0.25, 0.3) is 16.8 Å². The standard InChI is InChI=1S/C34H37BrN2O3S/c1-39-30-19-25(29(35)21-31(30)40-22-24-13-10-12-23-11-8-9-18-28(23)24)20-32-33(38)37(27-16-6-3-7-17-27)34(41-32)36-26-14-4-2-5-15-26/h8-13,18-21,26-27H,2-7,14-17,22H2,1H3. The van der Waals surface area contributed by atoms with E-state index in [1.807, 2.05) is 35.2 Å². The van der Waals surface area contributed by atoms with Gasteiger partial charge >= 0.3 is 0 Å². The second-order valence-electron chi connectivity index (χ2n) is 11.2. The van der Waals surface area contributed by atoms with E-state index in [9.17, 15) is 4.79 Å². The van der Waals surface area contributed by atoms with Crippen molar-refractivity contribution in [2.75, 3.05) is 7.11 Å². The Kier molecular flexibility index (Phi) is 9.01. The fourth-order valence-electron chi connectivity index (χ4n) is 6.25. The Bertz CT molecular complexity index is 1470. The lowest BCUT2D eigenvalue weighted by molar-refractivity contribution is -0.124. The zero-order valence-electron chi connectivity index (χ0n) is 23.6. The van der Waals surface area contributed by atoms with Crippen LogP contribution in [0.2, 0.25) is 0 Å². The zero-order valence-corrected chi connectivity index (χ0v) is 26.0. The number of fused-ring (bicyclic) bond motifs is 1. The highest BCUT2D eigenvalue weighted by atomic mass is 79.9. The Labute approximate surface area is 255 Å². The predicted octanol–water partition coefficient (Wildman–Crippen LogP) is 9.13. The van der Waals surface area contributed by atoms with Crippen LogP contribution in [0.3, 0.4) is 0 Å². The second kappa shape index (κ2) is 13.0. The Morgan fingerprint density at radius 3 is 2.46 bits per heavy atom. The smallest absolute Gasteiger partial charge is 0.267 e. The zero-order chi connectivity index (χ0) is 28.2. The average molecular weight is 634 g/mol. The van der Waals surface area contributed by atoms with Crippen LogP contribution in [0.1, 0.15) is 75.3 Å². The van der Waals surface area contributed by atoms with Crippen molar-refractivity contribution in [3.63, 3.8) is 0 Å². The number of carbonyl (C=O) groups excluding carboxylic acids is 1. The number of rotatable bonds is 7. The van der Waals surface area contributed by atoms with E-state index >= 15 is 0 Å². The lowest BCUT2D eigenvalue weighted by Crippen LogP contribution is -2.41. The number of halogens is 1. The van der Waals surface area contributed by atoms with Gasteiger partial charge in [-0.1, -0.05) is 96.9 Å². The van der Waals surface area contributed by atoms with Crippen molar-refractivity contribution in [3.8, 4) is 11.5 Å². The summed E-state index contributed by atoms with van der Waals surface area (Å²) in [4.78, 5) is 21.8. The molecule has 0 spiro atoms. The second-order valence-corrected chi connectivity index (χ2v) is 13.1. The van der Waals surface area contributed by atoms with Crippen LogP contribution in [-0.2, 0) is 11.4 Å². The van der Waals surface area contributed by atoms with Crippen molar-refractivity contribution in [3.05, 3.63) is 75.1 Å². The van der Waals surface area contributed by atoms with Crippen molar-refractivity contribution < 1.29 is 14.3 Å². The molecule has 5 nitrogen and oxygen atoms in total. The number of ether oxygens (including phenoxy) is 2. The number of aliphatic imine (C=N–C) groups is 1. The first-order valence-electron chi connectivity index (χ1n) is 14.9. The summed E-state index contributed by atoms with van der Waals surface area (Å²) in [7, 11) is 1.65. The minimum Gasteiger partial charge on any atom is -0.493 e. The van der Waals surface area contributed by atoms with Gasteiger partial charge in [0.2, 0.25) is 0 Å². The molecule has 3 fully saturated rings. The molecule has 3 aliphatic rings. The summed E-state index contributed by atoms with van der Waals surface area (Å²) in [6.45, 7) is 0.427. The number of methoxy groups -OCH3 is 1. The maximum absolute atomic E-state index is 13.8. The summed E-state index contributed by atoms with van der Waals surface area (Å²) in [5.74, 6) is 1.37. The number of carbonyl (C=O) groups is 1. The van der Waals surface area contributed by atoms with Crippen LogP contribution in [0.4, 0.5) is 0 Å². The first-order chi connectivity index (χ1) is 20.1. The molecule has 0 radical (unpaired) electrons. The van der Waals surface area contributed by atoms with Crippen LogP contribution >= 0.6 is 27.7 Å². The van der Waals surface area contributed by atoms with Gasteiger partial charge in [0.1, 0.15) is 6.61 Å². The predicted molar refractivity (Wildman–Crippen MR) is 173 cm³/mol. The molecule has 3 aromatic carbocycles. The number of hydrogen-bond donors (Lipinski definition) is 0. The quantitative estimate of drug-likeness (QED) is 0.244. The van der Waals surface area contributed by atoms with Gasteiger partial charge in [0.25, 0.3) is 5.91 Å². The van der Waals surface area contributed by atoms with Crippen LogP contribution < -0.4 is 9.47 Å². The summed E-state index contributed by atoms with van der Waals surface area (Å²) in [6.07, 6.45) is 13.7. The number of amidine groups is 1. The van der Waals surface area contributed by atoms with Crippen molar-refractivity contribution in [2.24, 2.45) is 4.99 Å². The molecular formula is C34H37BrN2O3S. The maximum atomic E-state index is 13.8. The molecule has 2 saturated carbocycles. The molecule has 2 aliphatic carbocycles. The highest BCUT2D eigenvalue weighted by Gasteiger charge is 2.39. The van der Waals surface area contributed by atoms with Crippen molar-refractivity contribution in [1.29, 1.82) is 0 Å². The molecule has 0 N–H and O–H groups in total. The van der Waals surface area contributed by atoms with E-state index in [1.165, 1.54) is 61.1 Å². The summed E-state index contributed by atoms with van der Waals surface area (Å²) >= 11 is 5.28. The molecule has 0 bridgehead atoms. The molecule has 0 unspecified atom stereocenters. The van der Waals surface area contributed by atoms with E-state index in [2.05, 4.69) is 46.3 Å². The largest absolute Gasteiger partial charge is 0.493 e. The van der Waals surface area contributed by atoms with E-state index < -0.39 is 0 Å². The van der Waals surface area contributed by atoms with Gasteiger partial charge in [0.15, 0.2) is 16.7 Å². The molecule has 1 saturated heterocycles. The number of thioether (sulfide) groups is 1. The first kappa shape index (κ1) is 28.4. The number of nitrogens with zero attached hydrogens (tertiary/aromatic N) is 2. The molecule has 0 atom stereocenters. The first-order valence-corrected chi connectivity index (χ1v) is 16.5.